The normalized spacial score (nSPS) is 13.4. The molecule has 0 N–H and O–H groups in total. The molecule has 0 aliphatic rings. The summed E-state index contributed by atoms with van der Waals surface area (Å²) in [5, 5.41) is 0. The Bertz CT molecular complexity index is 662. The van der Waals surface area contributed by atoms with Gasteiger partial charge in [0.25, 0.3) is 5.78 Å². The van der Waals surface area contributed by atoms with Gasteiger partial charge in [-0.15, -0.1) is 0 Å². The lowest BCUT2D eigenvalue weighted by Crippen LogP contribution is -2.60. The number of ether oxygens (including phenoxy) is 2. The number of rotatable bonds is 16. The van der Waals surface area contributed by atoms with Crippen LogP contribution < -0.4 is 0 Å². The molecule has 0 aliphatic heterocycles. The van der Waals surface area contributed by atoms with Crippen molar-refractivity contribution in [3.05, 3.63) is 12.2 Å². The van der Waals surface area contributed by atoms with E-state index in [1.807, 2.05) is 13.8 Å². The van der Waals surface area contributed by atoms with Crippen LogP contribution in [0.2, 0.25) is 65.0 Å². The molecular formula is C22H46O8Si4. The Morgan fingerprint density at radius 3 is 1.59 bits per heavy atom. The average Bonchev–Trinajstić information content (AvgIpc) is 2.58. The topological polar surface area (TPSA) is 97.4 Å². The van der Waals surface area contributed by atoms with Crippen molar-refractivity contribution in [3.63, 3.8) is 0 Å². The lowest BCUT2D eigenvalue weighted by Gasteiger charge is -2.42. The summed E-state index contributed by atoms with van der Waals surface area (Å²) in [5.41, 5.74) is 0. The number of carbonyl (C=O) groups excluding carboxylic acids is 3. The van der Waals surface area contributed by atoms with Gasteiger partial charge in [0, 0.05) is 18.2 Å². The van der Waals surface area contributed by atoms with Crippen molar-refractivity contribution in [2.75, 3.05) is 13.2 Å². The van der Waals surface area contributed by atoms with Crippen molar-refractivity contribution in [2.45, 2.75) is 91.7 Å². The first-order valence-corrected chi connectivity index (χ1v) is 24.1. The SMILES string of the molecule is CC(C)CCOC(=O)C(=O)/C=C/C(=O)OCCC[Si](O[Si](C)(C)C)(O[Si](C)(C)C)O[Si](C)(C)C. The maximum absolute atomic E-state index is 12.0. The van der Waals surface area contributed by atoms with E-state index in [0.717, 1.165) is 12.2 Å². The lowest BCUT2D eigenvalue weighted by atomic mass is 10.1. The Labute approximate surface area is 210 Å². The summed E-state index contributed by atoms with van der Waals surface area (Å²) >= 11 is 0. The fourth-order valence-electron chi connectivity index (χ4n) is 2.79. The zero-order valence-corrected chi connectivity index (χ0v) is 27.0. The summed E-state index contributed by atoms with van der Waals surface area (Å²) < 4.78 is 29.9. The molecule has 0 amide bonds. The molecule has 0 aromatic rings. The molecule has 0 fully saturated rings. The van der Waals surface area contributed by atoms with E-state index in [1.54, 1.807) is 0 Å². The zero-order chi connectivity index (χ0) is 26.8. The van der Waals surface area contributed by atoms with Gasteiger partial charge in [-0.3, -0.25) is 4.79 Å². The van der Waals surface area contributed by atoms with Crippen LogP contribution in [0.3, 0.4) is 0 Å². The van der Waals surface area contributed by atoms with Crippen LogP contribution >= 0.6 is 0 Å². The third kappa shape index (κ3) is 17.5. The highest BCUT2D eigenvalue weighted by Crippen LogP contribution is 2.29. The molecule has 0 saturated heterocycles. The summed E-state index contributed by atoms with van der Waals surface area (Å²) in [4.78, 5) is 35.4. The van der Waals surface area contributed by atoms with Gasteiger partial charge < -0.3 is 21.8 Å². The number of ketones is 1. The van der Waals surface area contributed by atoms with Crippen molar-refractivity contribution in [1.29, 1.82) is 0 Å². The maximum atomic E-state index is 12.0. The largest absolute Gasteiger partial charge is 0.469 e. The van der Waals surface area contributed by atoms with Gasteiger partial charge >= 0.3 is 20.7 Å². The molecule has 12 heteroatoms. The van der Waals surface area contributed by atoms with E-state index in [-0.39, 0.29) is 13.2 Å². The molecule has 0 rings (SSSR count). The summed E-state index contributed by atoms with van der Waals surface area (Å²) in [7, 11) is -8.90. The third-order valence-corrected chi connectivity index (χ3v) is 15.8. The summed E-state index contributed by atoms with van der Waals surface area (Å²) in [6, 6.07) is 0.546. The molecule has 0 unspecified atom stereocenters. The van der Waals surface area contributed by atoms with Crippen LogP contribution in [0.4, 0.5) is 0 Å². The van der Waals surface area contributed by atoms with Crippen molar-refractivity contribution in [1.82, 2.24) is 0 Å². The minimum atomic E-state index is -2.99. The van der Waals surface area contributed by atoms with Crippen LogP contribution in [0.1, 0.15) is 26.7 Å². The standard InChI is InChI=1S/C22H46O8Si4/c1-19(2)15-17-27-22(25)20(23)13-14-21(24)26-16-12-18-34(28-31(3,4)5,29-32(6,7)8)30-33(9,10)11/h13-14,19H,12,15-18H2,1-11H3/b14-13+. The van der Waals surface area contributed by atoms with Crippen LogP contribution in [0.15, 0.2) is 12.2 Å². The van der Waals surface area contributed by atoms with Gasteiger partial charge in [0.1, 0.15) is 0 Å². The summed E-state index contributed by atoms with van der Waals surface area (Å²) in [5.74, 6) is -2.20. The second-order valence-electron chi connectivity index (χ2n) is 11.6. The van der Waals surface area contributed by atoms with Crippen molar-refractivity contribution < 1.29 is 36.2 Å². The molecule has 8 nitrogen and oxygen atoms in total. The predicted molar refractivity (Wildman–Crippen MR) is 144 cm³/mol. The quantitative estimate of drug-likeness (QED) is 0.0858. The van der Waals surface area contributed by atoms with E-state index in [0.29, 0.717) is 24.8 Å². The van der Waals surface area contributed by atoms with Gasteiger partial charge in [-0.25, -0.2) is 9.59 Å². The molecule has 34 heavy (non-hydrogen) atoms. The first-order valence-electron chi connectivity index (χ1n) is 11.9. The minimum Gasteiger partial charge on any atom is -0.463 e. The van der Waals surface area contributed by atoms with E-state index in [9.17, 15) is 14.4 Å². The Hall–Kier alpha value is -0.902. The second kappa shape index (κ2) is 14.0. The summed E-state index contributed by atoms with van der Waals surface area (Å²) in [6.45, 7) is 23.3. The fourth-order valence-corrected chi connectivity index (χ4v) is 17.4. The number of hydrogen-bond donors (Lipinski definition) is 0. The second-order valence-corrected chi connectivity index (χ2v) is 28.6. The smallest absolute Gasteiger partial charge is 0.463 e. The molecule has 0 atom stereocenters. The van der Waals surface area contributed by atoms with Crippen molar-refractivity contribution >= 4 is 51.5 Å². The van der Waals surface area contributed by atoms with Crippen LogP contribution in [-0.4, -0.2) is 64.7 Å². The molecule has 0 radical (unpaired) electrons. The Kier molecular flexibility index (Phi) is 13.6. The molecule has 0 aromatic heterocycles. The van der Waals surface area contributed by atoms with Gasteiger partial charge in [-0.2, -0.15) is 0 Å². The van der Waals surface area contributed by atoms with E-state index in [4.69, 9.17) is 21.8 Å². The highest BCUT2D eigenvalue weighted by atomic mass is 28.5. The maximum Gasteiger partial charge on any atom is 0.469 e. The molecular weight excluding hydrogens is 505 g/mol. The lowest BCUT2D eigenvalue weighted by molar-refractivity contribution is -0.152. The van der Waals surface area contributed by atoms with Gasteiger partial charge in [0.2, 0.25) is 0 Å². The highest BCUT2D eigenvalue weighted by Gasteiger charge is 2.49. The average molecular weight is 551 g/mol. The van der Waals surface area contributed by atoms with E-state index < -0.39 is 51.5 Å². The molecule has 0 heterocycles. The zero-order valence-electron chi connectivity index (χ0n) is 23.0. The van der Waals surface area contributed by atoms with E-state index in [2.05, 4.69) is 58.9 Å². The summed E-state index contributed by atoms with van der Waals surface area (Å²) in [6.07, 6.45) is 3.01. The molecule has 0 aromatic carbocycles. The fraction of sp³-hybridized carbons (Fsp3) is 0.773. The van der Waals surface area contributed by atoms with Crippen LogP contribution in [0, 0.1) is 5.92 Å². The molecule has 0 spiro atoms. The predicted octanol–water partition coefficient (Wildman–Crippen LogP) is 5.13. The molecule has 0 aliphatic carbocycles. The van der Waals surface area contributed by atoms with E-state index >= 15 is 0 Å². The highest BCUT2D eigenvalue weighted by molar-refractivity contribution is 6.90. The van der Waals surface area contributed by atoms with Gasteiger partial charge in [-0.05, 0) is 77.7 Å². The monoisotopic (exact) mass is 550 g/mol. The minimum absolute atomic E-state index is 0.129. The van der Waals surface area contributed by atoms with Crippen molar-refractivity contribution in [2.24, 2.45) is 5.92 Å². The van der Waals surface area contributed by atoms with Crippen LogP contribution in [-0.2, 0) is 36.2 Å². The number of esters is 2. The Morgan fingerprint density at radius 1 is 0.706 bits per heavy atom. The van der Waals surface area contributed by atoms with E-state index in [1.165, 1.54) is 0 Å². The van der Waals surface area contributed by atoms with Gasteiger partial charge in [0.05, 0.1) is 13.2 Å². The number of hydrogen-bond acceptors (Lipinski definition) is 8. The van der Waals surface area contributed by atoms with Crippen molar-refractivity contribution in [3.8, 4) is 0 Å². The molecule has 0 saturated carbocycles. The van der Waals surface area contributed by atoms with Crippen LogP contribution in [0.5, 0.6) is 0 Å². The first-order chi connectivity index (χ1) is 15.2. The third-order valence-electron chi connectivity index (χ3n) is 3.76. The molecule has 198 valence electrons. The molecule has 0 bridgehead atoms. The first kappa shape index (κ1) is 33.1. The number of carbonyl (C=O) groups is 3. The van der Waals surface area contributed by atoms with Gasteiger partial charge in [0.15, 0.2) is 25.0 Å². The Balaban J connectivity index is 4.99. The van der Waals surface area contributed by atoms with Crippen LogP contribution in [0.25, 0.3) is 0 Å². The Morgan fingerprint density at radius 2 is 1.18 bits per heavy atom. The van der Waals surface area contributed by atoms with Gasteiger partial charge in [-0.1, -0.05) is 13.8 Å².